The molecular weight excluding hydrogens is 435 g/mol. The first-order chi connectivity index (χ1) is 13.7. The first-order valence-corrected chi connectivity index (χ1v) is 14.1. The Balaban J connectivity index is 2.42. The van der Waals surface area contributed by atoms with E-state index in [4.69, 9.17) is 18.6 Å². The largest absolute Gasteiger partial charge is 0.406 e. The number of hydrogen-bond donors (Lipinski definition) is 2. The van der Waals surface area contributed by atoms with Gasteiger partial charge in [-0.25, -0.2) is 4.79 Å². The topological polar surface area (TPSA) is 138 Å². The van der Waals surface area contributed by atoms with Gasteiger partial charge in [0.15, 0.2) is 27.2 Å². The van der Waals surface area contributed by atoms with Crippen LogP contribution in [0.4, 0.5) is 0 Å². The van der Waals surface area contributed by atoms with Gasteiger partial charge in [0, 0.05) is 26.5 Å². The van der Waals surface area contributed by atoms with Crippen LogP contribution in [0.2, 0.25) is 18.1 Å². The molecule has 0 bridgehead atoms. The van der Waals surface area contributed by atoms with Crippen LogP contribution in [0.5, 0.6) is 0 Å². The van der Waals surface area contributed by atoms with Gasteiger partial charge in [-0.15, -0.1) is 0 Å². The fourth-order valence-corrected chi connectivity index (χ4v) is 4.43. The third-order valence-electron chi connectivity index (χ3n) is 5.47. The summed E-state index contributed by atoms with van der Waals surface area (Å²) in [5.74, 6) is 0. The molecule has 2 N–H and O–H groups in total. The number of rotatable bonds is 8. The van der Waals surface area contributed by atoms with Gasteiger partial charge in [0.25, 0.3) is 5.56 Å². The minimum absolute atomic E-state index is 0.151. The fourth-order valence-electron chi connectivity index (χ4n) is 2.71. The summed E-state index contributed by atoms with van der Waals surface area (Å²) in [5, 5.41) is -0.151. The second-order valence-corrected chi connectivity index (χ2v) is 15.2. The van der Waals surface area contributed by atoms with E-state index in [9.17, 15) is 19.0 Å². The lowest BCUT2D eigenvalue weighted by molar-refractivity contribution is -0.166. The van der Waals surface area contributed by atoms with Gasteiger partial charge < -0.3 is 28.1 Å². The van der Waals surface area contributed by atoms with E-state index in [2.05, 4.69) is 30.3 Å². The summed E-state index contributed by atoms with van der Waals surface area (Å²) in [6.07, 6.45) is -3.02. The normalized spacial score (nSPS) is 27.2. The molecule has 0 spiro atoms. The average Bonchev–Trinajstić information content (AvgIpc) is 2.95. The number of nitrogens with one attached hydrogen (secondary N) is 1. The van der Waals surface area contributed by atoms with Crippen LogP contribution in [-0.4, -0.2) is 61.8 Å². The van der Waals surface area contributed by atoms with Crippen LogP contribution in [0.1, 0.15) is 27.0 Å². The lowest BCUT2D eigenvalue weighted by atomic mass is 10.2. The summed E-state index contributed by atoms with van der Waals surface area (Å²) in [6.45, 7) is 10.2. The second-order valence-electron chi connectivity index (χ2n) is 8.57. The van der Waals surface area contributed by atoms with Gasteiger partial charge in [-0.2, -0.15) is 0 Å². The maximum atomic E-state index is 12.3. The second kappa shape index (κ2) is 9.17. The van der Waals surface area contributed by atoms with Crippen molar-refractivity contribution in [3.8, 4) is 0 Å². The summed E-state index contributed by atoms with van der Waals surface area (Å²) in [7, 11) is -3.79. The van der Waals surface area contributed by atoms with E-state index >= 15 is 0 Å². The highest BCUT2D eigenvalue weighted by Crippen LogP contribution is 2.45. The zero-order chi connectivity index (χ0) is 22.9. The molecule has 1 fully saturated rings. The Kier molecular flexibility index (Phi) is 7.69. The van der Waals surface area contributed by atoms with Crippen molar-refractivity contribution in [1.29, 1.82) is 0 Å². The van der Waals surface area contributed by atoms with E-state index < -0.39 is 58.2 Å². The molecule has 0 radical (unpaired) electrons. The predicted molar refractivity (Wildman–Crippen MR) is 111 cm³/mol. The summed E-state index contributed by atoms with van der Waals surface area (Å²) in [4.78, 5) is 35.6. The Bertz CT molecular complexity index is 894. The van der Waals surface area contributed by atoms with Crippen LogP contribution < -0.4 is 11.2 Å². The van der Waals surface area contributed by atoms with Crippen molar-refractivity contribution < 1.29 is 32.6 Å². The minimum Gasteiger partial charge on any atom is -0.406 e. The van der Waals surface area contributed by atoms with Crippen molar-refractivity contribution in [1.82, 2.24) is 9.55 Å². The molecule has 2 rings (SSSR count). The molecule has 1 aliphatic rings. The number of methoxy groups -OCH3 is 1. The van der Waals surface area contributed by atoms with Gasteiger partial charge in [-0.1, -0.05) is 20.8 Å². The first kappa shape index (κ1) is 25.2. The molecule has 0 aliphatic carbocycles. The van der Waals surface area contributed by atoms with Crippen molar-refractivity contribution in [2.24, 2.45) is 0 Å². The number of aromatic amines is 1. The third-order valence-corrected chi connectivity index (χ3v) is 11.0. The number of hydrogen-bond acceptors (Lipinski definition) is 8. The summed E-state index contributed by atoms with van der Waals surface area (Å²) < 4.78 is 41.1. The predicted octanol–water partition coefficient (Wildman–Crippen LogP) is 1.60. The lowest BCUT2D eigenvalue weighted by Crippen LogP contribution is -2.50. The third kappa shape index (κ3) is 5.57. The quantitative estimate of drug-likeness (QED) is 0.432. The molecule has 1 aromatic rings. The highest BCUT2D eigenvalue weighted by atomic mass is 31.2. The number of nitrogens with zero attached hydrogens (tertiary/aromatic N) is 1. The highest BCUT2D eigenvalue weighted by molar-refractivity contribution is 7.52. The van der Waals surface area contributed by atoms with E-state index in [0.717, 1.165) is 11.7 Å². The Labute approximate surface area is 175 Å². The van der Waals surface area contributed by atoms with Crippen LogP contribution in [-0.2, 0) is 27.7 Å². The maximum Gasteiger partial charge on any atom is 0.353 e. The molecule has 2 heterocycles. The van der Waals surface area contributed by atoms with Crippen LogP contribution in [0.25, 0.3) is 0 Å². The van der Waals surface area contributed by atoms with Crippen molar-refractivity contribution in [2.45, 2.75) is 63.6 Å². The Morgan fingerprint density at radius 2 is 1.90 bits per heavy atom. The average molecular weight is 467 g/mol. The molecule has 1 saturated heterocycles. The molecule has 13 heteroatoms. The number of ether oxygens (including phenoxy) is 3. The number of aromatic nitrogens is 2. The van der Waals surface area contributed by atoms with Crippen molar-refractivity contribution in [3.63, 3.8) is 0 Å². The molecule has 1 aromatic heterocycles. The van der Waals surface area contributed by atoms with E-state index in [-0.39, 0.29) is 5.04 Å². The molecule has 5 atom stereocenters. The Hall–Kier alpha value is -1.11. The van der Waals surface area contributed by atoms with Crippen molar-refractivity contribution in [3.05, 3.63) is 33.1 Å². The van der Waals surface area contributed by atoms with Gasteiger partial charge in [0.1, 0.15) is 12.2 Å². The smallest absolute Gasteiger partial charge is 0.353 e. The molecule has 0 amide bonds. The number of H-pyrrole nitrogens is 1. The Morgan fingerprint density at radius 3 is 2.40 bits per heavy atom. The van der Waals surface area contributed by atoms with E-state index in [1.165, 1.54) is 19.4 Å². The zero-order valence-corrected chi connectivity index (χ0v) is 20.2. The molecule has 0 aromatic carbocycles. The van der Waals surface area contributed by atoms with Crippen molar-refractivity contribution >= 4 is 15.9 Å². The monoisotopic (exact) mass is 466 g/mol. The van der Waals surface area contributed by atoms with Crippen LogP contribution in [0, 0.1) is 0 Å². The lowest BCUT2D eigenvalue weighted by Gasteiger charge is -2.40. The highest BCUT2D eigenvalue weighted by Gasteiger charge is 2.52. The Morgan fingerprint density at radius 1 is 1.27 bits per heavy atom. The van der Waals surface area contributed by atoms with E-state index in [1.54, 1.807) is 0 Å². The van der Waals surface area contributed by atoms with Crippen LogP contribution in [0.3, 0.4) is 0 Å². The molecule has 1 unspecified atom stereocenters. The molecule has 11 nitrogen and oxygen atoms in total. The first-order valence-electron chi connectivity index (χ1n) is 9.39. The van der Waals surface area contributed by atoms with E-state index in [0.29, 0.717) is 0 Å². The SMILES string of the molecule is CO[C@@H]1[C@H](O[Si](C)(C)C(C)(C)C)[C@@H](OCP(=O)(O)OC)O[C@H]1n1ccc(=O)[nH]c1=O. The van der Waals surface area contributed by atoms with Crippen LogP contribution >= 0.6 is 7.60 Å². The summed E-state index contributed by atoms with van der Waals surface area (Å²) in [6, 6.07) is 1.18. The fraction of sp³-hybridized carbons (Fsp3) is 0.765. The molecule has 172 valence electrons. The van der Waals surface area contributed by atoms with Gasteiger partial charge in [0.05, 0.1) is 0 Å². The van der Waals surface area contributed by atoms with Crippen molar-refractivity contribution in [2.75, 3.05) is 20.6 Å². The molecular formula is C17H31N2O9PSi. The van der Waals surface area contributed by atoms with Gasteiger partial charge in [-0.05, 0) is 18.1 Å². The van der Waals surface area contributed by atoms with Crippen LogP contribution in [0.15, 0.2) is 21.9 Å². The van der Waals surface area contributed by atoms with E-state index in [1.807, 2.05) is 13.1 Å². The van der Waals surface area contributed by atoms with Gasteiger partial charge >= 0.3 is 13.3 Å². The van der Waals surface area contributed by atoms with Gasteiger partial charge in [0.2, 0.25) is 0 Å². The maximum absolute atomic E-state index is 12.3. The van der Waals surface area contributed by atoms with Gasteiger partial charge in [-0.3, -0.25) is 18.9 Å². The summed E-state index contributed by atoms with van der Waals surface area (Å²) >= 11 is 0. The molecule has 0 saturated carbocycles. The minimum atomic E-state index is -3.98. The zero-order valence-electron chi connectivity index (χ0n) is 18.3. The summed E-state index contributed by atoms with van der Waals surface area (Å²) in [5.41, 5.74) is -1.24. The molecule has 1 aliphatic heterocycles. The molecule has 30 heavy (non-hydrogen) atoms. The standard InChI is InChI=1S/C17H31N2O9PSi/c1-17(2,3)30(6,7)28-13-12(24-4)14(19-9-8-11(20)18-16(19)21)27-15(13)26-10-29(22,23)25-5/h8-9,12-15H,10H2,1-7H3,(H,22,23)(H,18,20,21)/t12-,13+,14-,15+/m1/s1.